The van der Waals surface area contributed by atoms with E-state index in [9.17, 15) is 19.7 Å². The number of aryl methyl sites for hydroxylation is 2. The zero-order valence-corrected chi connectivity index (χ0v) is 14.9. The van der Waals surface area contributed by atoms with Crippen molar-refractivity contribution in [2.75, 3.05) is 13.2 Å². The van der Waals surface area contributed by atoms with Crippen LogP contribution in [-0.4, -0.2) is 30.0 Å². The van der Waals surface area contributed by atoms with Gasteiger partial charge in [0.05, 0.1) is 4.92 Å². The van der Waals surface area contributed by atoms with Crippen LogP contribution in [0.2, 0.25) is 0 Å². The number of rotatable bonds is 7. The third kappa shape index (κ3) is 6.31. The van der Waals surface area contributed by atoms with E-state index in [0.717, 1.165) is 11.1 Å². The average Bonchev–Trinajstić information content (AvgIpc) is 2.64. The van der Waals surface area contributed by atoms with Crippen LogP contribution in [0.15, 0.2) is 42.5 Å². The topological polar surface area (TPSA) is 120 Å². The van der Waals surface area contributed by atoms with Gasteiger partial charge < -0.3 is 9.47 Å². The molecule has 27 heavy (non-hydrogen) atoms. The Morgan fingerprint density at radius 3 is 2.11 bits per heavy atom. The molecule has 0 aliphatic carbocycles. The Labute approximate surface area is 155 Å². The number of nitrogens with zero attached hydrogens (tertiary/aromatic N) is 1. The third-order valence-electron chi connectivity index (χ3n) is 3.45. The summed E-state index contributed by atoms with van der Waals surface area (Å²) < 4.78 is 10.6. The van der Waals surface area contributed by atoms with Gasteiger partial charge in [0.2, 0.25) is 0 Å². The number of carbonyl (C=O) groups is 2. The van der Waals surface area contributed by atoms with Crippen molar-refractivity contribution in [3.05, 3.63) is 63.7 Å². The summed E-state index contributed by atoms with van der Waals surface area (Å²) in [6.45, 7) is 3.21. The minimum Gasteiger partial charge on any atom is -0.484 e. The van der Waals surface area contributed by atoms with E-state index >= 15 is 0 Å². The number of amides is 2. The maximum atomic E-state index is 11.7. The molecule has 0 unspecified atom stereocenters. The monoisotopic (exact) mass is 373 g/mol. The number of nitrogens with one attached hydrogen (secondary N) is 2. The summed E-state index contributed by atoms with van der Waals surface area (Å²) in [6.07, 6.45) is 0. The number of ether oxygens (including phenoxy) is 2. The van der Waals surface area contributed by atoms with Crippen LogP contribution in [0.1, 0.15) is 11.1 Å². The Kier molecular flexibility index (Phi) is 6.70. The van der Waals surface area contributed by atoms with E-state index < -0.39 is 16.7 Å². The Balaban J connectivity index is 1.70. The van der Waals surface area contributed by atoms with Crippen molar-refractivity contribution in [2.24, 2.45) is 0 Å². The van der Waals surface area contributed by atoms with E-state index in [1.54, 1.807) is 6.07 Å². The van der Waals surface area contributed by atoms with Crippen LogP contribution >= 0.6 is 0 Å². The second-order valence-corrected chi connectivity index (χ2v) is 5.69. The average molecular weight is 373 g/mol. The molecule has 9 heteroatoms. The predicted molar refractivity (Wildman–Crippen MR) is 96.3 cm³/mol. The molecule has 2 N–H and O–H groups in total. The Bertz CT molecular complexity index is 835. The van der Waals surface area contributed by atoms with Gasteiger partial charge in [-0.2, -0.15) is 0 Å². The highest BCUT2D eigenvalue weighted by atomic mass is 16.6. The fourth-order valence-electron chi connectivity index (χ4n) is 2.13. The van der Waals surface area contributed by atoms with Gasteiger partial charge in [0, 0.05) is 12.1 Å². The highest BCUT2D eigenvalue weighted by Crippen LogP contribution is 2.18. The maximum Gasteiger partial charge on any atom is 0.276 e. The Hall–Kier alpha value is -3.62. The number of benzene rings is 2. The van der Waals surface area contributed by atoms with Gasteiger partial charge in [0.25, 0.3) is 17.5 Å². The quantitative estimate of drug-likeness (QED) is 0.564. The summed E-state index contributed by atoms with van der Waals surface area (Å²) in [5.41, 5.74) is 6.31. The van der Waals surface area contributed by atoms with Crippen molar-refractivity contribution in [1.29, 1.82) is 0 Å². The third-order valence-corrected chi connectivity index (χ3v) is 3.45. The second-order valence-electron chi connectivity index (χ2n) is 5.69. The van der Waals surface area contributed by atoms with Gasteiger partial charge in [-0.25, -0.2) is 0 Å². The smallest absolute Gasteiger partial charge is 0.276 e. The highest BCUT2D eigenvalue weighted by molar-refractivity contribution is 5.83. The summed E-state index contributed by atoms with van der Waals surface area (Å²) in [4.78, 5) is 33.4. The molecule has 0 bridgehead atoms. The van der Waals surface area contributed by atoms with Crippen molar-refractivity contribution < 1.29 is 24.0 Å². The molecule has 0 saturated carbocycles. The van der Waals surface area contributed by atoms with Gasteiger partial charge in [-0.05, 0) is 37.6 Å². The van der Waals surface area contributed by atoms with Crippen molar-refractivity contribution in [3.63, 3.8) is 0 Å². The van der Waals surface area contributed by atoms with E-state index in [2.05, 4.69) is 10.9 Å². The van der Waals surface area contributed by atoms with Crippen LogP contribution in [-0.2, 0) is 9.59 Å². The van der Waals surface area contributed by atoms with Gasteiger partial charge in [0.15, 0.2) is 13.2 Å². The summed E-state index contributed by atoms with van der Waals surface area (Å²) in [7, 11) is 0. The molecule has 0 atom stereocenters. The summed E-state index contributed by atoms with van der Waals surface area (Å²) in [6, 6.07) is 10.9. The van der Waals surface area contributed by atoms with Crippen LogP contribution in [0, 0.1) is 24.0 Å². The molecular formula is C18H19N3O6. The van der Waals surface area contributed by atoms with E-state index in [1.807, 2.05) is 26.0 Å². The highest BCUT2D eigenvalue weighted by Gasteiger charge is 2.09. The predicted octanol–water partition coefficient (Wildman–Crippen LogP) is 1.82. The van der Waals surface area contributed by atoms with Crippen LogP contribution in [0.3, 0.4) is 0 Å². The summed E-state index contributed by atoms with van der Waals surface area (Å²) in [5.74, 6) is -0.240. The summed E-state index contributed by atoms with van der Waals surface area (Å²) in [5, 5.41) is 10.6. The zero-order chi connectivity index (χ0) is 19.8. The Morgan fingerprint density at radius 2 is 1.56 bits per heavy atom. The van der Waals surface area contributed by atoms with Gasteiger partial charge in [-0.15, -0.1) is 0 Å². The lowest BCUT2D eigenvalue weighted by Gasteiger charge is -2.11. The lowest BCUT2D eigenvalue weighted by Crippen LogP contribution is -2.45. The van der Waals surface area contributed by atoms with Gasteiger partial charge in [-0.1, -0.05) is 17.7 Å². The second kappa shape index (κ2) is 9.18. The largest absolute Gasteiger partial charge is 0.484 e. The molecular weight excluding hydrogens is 354 g/mol. The molecule has 0 fully saturated rings. The van der Waals surface area contributed by atoms with E-state index in [0.29, 0.717) is 11.5 Å². The lowest BCUT2D eigenvalue weighted by molar-refractivity contribution is -0.384. The first kappa shape index (κ1) is 19.7. The number of hydrogen-bond acceptors (Lipinski definition) is 6. The molecule has 2 aromatic rings. The zero-order valence-electron chi connectivity index (χ0n) is 14.9. The van der Waals surface area contributed by atoms with Gasteiger partial charge >= 0.3 is 0 Å². The molecule has 0 heterocycles. The van der Waals surface area contributed by atoms with Crippen molar-refractivity contribution in [2.45, 2.75) is 13.8 Å². The SMILES string of the molecule is Cc1ccc(OCC(=O)NNC(=O)COc2ccc([N+](=O)[O-])cc2)c(C)c1. The minimum atomic E-state index is -0.590. The van der Waals surface area contributed by atoms with Crippen LogP contribution in [0.5, 0.6) is 11.5 Å². The molecule has 0 radical (unpaired) electrons. The summed E-state index contributed by atoms with van der Waals surface area (Å²) >= 11 is 0. The molecule has 0 aliphatic rings. The number of hydrogen-bond donors (Lipinski definition) is 2. The van der Waals surface area contributed by atoms with Crippen LogP contribution in [0.25, 0.3) is 0 Å². The molecule has 9 nitrogen and oxygen atoms in total. The Morgan fingerprint density at radius 1 is 0.963 bits per heavy atom. The molecule has 2 aromatic carbocycles. The number of nitro groups is 1. The van der Waals surface area contributed by atoms with Crippen molar-refractivity contribution >= 4 is 17.5 Å². The van der Waals surface area contributed by atoms with Crippen molar-refractivity contribution in [3.8, 4) is 11.5 Å². The fraction of sp³-hybridized carbons (Fsp3) is 0.222. The normalized spacial score (nSPS) is 10.0. The van der Waals surface area contributed by atoms with E-state index in [4.69, 9.17) is 9.47 Å². The number of carbonyl (C=O) groups excluding carboxylic acids is 2. The molecule has 0 saturated heterocycles. The first-order chi connectivity index (χ1) is 12.8. The maximum absolute atomic E-state index is 11.7. The first-order valence-corrected chi connectivity index (χ1v) is 8.00. The van der Waals surface area contributed by atoms with E-state index in [1.165, 1.54) is 24.3 Å². The van der Waals surface area contributed by atoms with Gasteiger partial charge in [-0.3, -0.25) is 30.6 Å². The molecule has 0 aromatic heterocycles. The number of non-ortho nitro benzene ring substituents is 1. The van der Waals surface area contributed by atoms with E-state index in [-0.39, 0.29) is 18.9 Å². The number of hydrazine groups is 1. The van der Waals surface area contributed by atoms with Gasteiger partial charge in [0.1, 0.15) is 11.5 Å². The first-order valence-electron chi connectivity index (χ1n) is 8.00. The molecule has 2 rings (SSSR count). The number of nitro benzene ring substituents is 1. The molecule has 0 spiro atoms. The van der Waals surface area contributed by atoms with Crippen molar-refractivity contribution in [1.82, 2.24) is 10.9 Å². The van der Waals surface area contributed by atoms with Crippen LogP contribution < -0.4 is 20.3 Å². The standard InChI is InChI=1S/C18H19N3O6/c1-12-3-8-16(13(2)9-12)27-11-18(23)20-19-17(22)10-26-15-6-4-14(5-7-15)21(24)25/h3-9H,10-11H2,1-2H3,(H,19,22)(H,20,23). The fourth-order valence-corrected chi connectivity index (χ4v) is 2.13. The molecule has 2 amide bonds. The minimum absolute atomic E-state index is 0.0807. The molecule has 142 valence electrons. The molecule has 0 aliphatic heterocycles. The van der Waals surface area contributed by atoms with Crippen LogP contribution in [0.4, 0.5) is 5.69 Å². The lowest BCUT2D eigenvalue weighted by atomic mass is 10.1.